The van der Waals surface area contributed by atoms with E-state index in [9.17, 15) is 4.79 Å². The fraction of sp³-hybridized carbons (Fsp3) is 0.909. The summed E-state index contributed by atoms with van der Waals surface area (Å²) in [4.78, 5) is 13.7. The minimum Gasteiger partial charge on any atom is -0.383 e. The predicted molar refractivity (Wildman–Crippen MR) is 61.6 cm³/mol. The summed E-state index contributed by atoms with van der Waals surface area (Å²) in [5, 5.41) is 0. The molecule has 2 atom stereocenters. The number of ether oxygens (including phenoxy) is 1. The van der Waals surface area contributed by atoms with Crippen LogP contribution in [0, 0.1) is 5.92 Å². The molecule has 0 aliphatic heterocycles. The van der Waals surface area contributed by atoms with Crippen molar-refractivity contribution >= 4 is 5.91 Å². The quantitative estimate of drug-likeness (QED) is 0.686. The highest BCUT2D eigenvalue weighted by Crippen LogP contribution is 2.08. The van der Waals surface area contributed by atoms with E-state index in [1.165, 1.54) is 0 Å². The molecule has 0 bridgehead atoms. The van der Waals surface area contributed by atoms with Crippen LogP contribution in [0.15, 0.2) is 0 Å². The molecule has 0 unspecified atom stereocenters. The van der Waals surface area contributed by atoms with Crippen molar-refractivity contribution in [2.75, 3.05) is 26.8 Å². The molecule has 1 amide bonds. The SMILES string of the molecule is CC[C@H](C)[C@H](N)C(=O)N(CC)CCOC. The molecule has 90 valence electrons. The Bertz CT molecular complexity index is 185. The van der Waals surface area contributed by atoms with Gasteiger partial charge in [0.15, 0.2) is 0 Å². The molecule has 0 heterocycles. The van der Waals surface area contributed by atoms with Crippen molar-refractivity contribution in [3.05, 3.63) is 0 Å². The molecule has 0 aromatic carbocycles. The Labute approximate surface area is 92.8 Å². The van der Waals surface area contributed by atoms with Gasteiger partial charge in [-0.25, -0.2) is 0 Å². The second-order valence-electron chi connectivity index (χ2n) is 3.82. The monoisotopic (exact) mass is 216 g/mol. The summed E-state index contributed by atoms with van der Waals surface area (Å²) in [7, 11) is 1.63. The van der Waals surface area contributed by atoms with Crippen LogP contribution < -0.4 is 5.73 Å². The highest BCUT2D eigenvalue weighted by molar-refractivity contribution is 5.81. The number of likely N-dealkylation sites (N-methyl/N-ethyl adjacent to an activating group) is 1. The maximum atomic E-state index is 11.9. The van der Waals surface area contributed by atoms with Gasteiger partial charge in [-0.3, -0.25) is 4.79 Å². The molecule has 0 spiro atoms. The largest absolute Gasteiger partial charge is 0.383 e. The first-order valence-corrected chi connectivity index (χ1v) is 5.61. The predicted octanol–water partition coefficient (Wildman–Crippen LogP) is 0.855. The minimum absolute atomic E-state index is 0.0314. The van der Waals surface area contributed by atoms with E-state index < -0.39 is 0 Å². The summed E-state index contributed by atoms with van der Waals surface area (Å²) >= 11 is 0. The lowest BCUT2D eigenvalue weighted by atomic mass is 9.99. The van der Waals surface area contributed by atoms with Gasteiger partial charge in [-0.2, -0.15) is 0 Å². The molecule has 0 aromatic heterocycles. The molecule has 0 radical (unpaired) electrons. The maximum Gasteiger partial charge on any atom is 0.239 e. The lowest BCUT2D eigenvalue weighted by molar-refractivity contribution is -0.134. The van der Waals surface area contributed by atoms with E-state index in [0.29, 0.717) is 19.7 Å². The Morgan fingerprint density at radius 2 is 2.07 bits per heavy atom. The van der Waals surface area contributed by atoms with Gasteiger partial charge < -0.3 is 15.4 Å². The van der Waals surface area contributed by atoms with Crippen molar-refractivity contribution in [2.45, 2.75) is 33.2 Å². The van der Waals surface area contributed by atoms with Crippen LogP contribution in [0.5, 0.6) is 0 Å². The van der Waals surface area contributed by atoms with E-state index in [-0.39, 0.29) is 17.9 Å². The van der Waals surface area contributed by atoms with Gasteiger partial charge in [-0.1, -0.05) is 20.3 Å². The minimum atomic E-state index is -0.383. The number of methoxy groups -OCH3 is 1. The molecule has 0 aliphatic carbocycles. The number of amides is 1. The summed E-state index contributed by atoms with van der Waals surface area (Å²) in [6, 6.07) is -0.383. The number of hydrogen-bond donors (Lipinski definition) is 1. The third-order valence-electron chi connectivity index (χ3n) is 2.80. The van der Waals surface area contributed by atoms with Crippen molar-refractivity contribution in [3.63, 3.8) is 0 Å². The average Bonchev–Trinajstić information content (AvgIpc) is 2.27. The van der Waals surface area contributed by atoms with Crippen LogP contribution in [0.2, 0.25) is 0 Å². The molecule has 2 N–H and O–H groups in total. The molecular formula is C11H24N2O2. The van der Waals surface area contributed by atoms with Gasteiger partial charge in [0.1, 0.15) is 0 Å². The Morgan fingerprint density at radius 1 is 1.47 bits per heavy atom. The molecule has 0 aliphatic rings. The van der Waals surface area contributed by atoms with Crippen LogP contribution >= 0.6 is 0 Å². The summed E-state index contributed by atoms with van der Waals surface area (Å²) in [5.74, 6) is 0.262. The van der Waals surface area contributed by atoms with Crippen molar-refractivity contribution < 1.29 is 9.53 Å². The molecule has 0 aromatic rings. The Kier molecular flexibility index (Phi) is 7.34. The molecular weight excluding hydrogens is 192 g/mol. The number of carbonyl (C=O) groups excluding carboxylic acids is 1. The van der Waals surface area contributed by atoms with Crippen LogP contribution in [-0.4, -0.2) is 43.7 Å². The summed E-state index contributed by atoms with van der Waals surface area (Å²) in [5.41, 5.74) is 5.89. The van der Waals surface area contributed by atoms with Crippen molar-refractivity contribution in [3.8, 4) is 0 Å². The van der Waals surface area contributed by atoms with Crippen LogP contribution in [0.25, 0.3) is 0 Å². The highest BCUT2D eigenvalue weighted by Gasteiger charge is 2.23. The molecule has 0 fully saturated rings. The molecule has 0 saturated carbocycles. The maximum absolute atomic E-state index is 11.9. The lowest BCUT2D eigenvalue weighted by Gasteiger charge is -2.26. The second-order valence-corrected chi connectivity index (χ2v) is 3.82. The molecule has 0 rings (SSSR count). The van der Waals surface area contributed by atoms with E-state index in [0.717, 1.165) is 6.42 Å². The van der Waals surface area contributed by atoms with Crippen molar-refractivity contribution in [2.24, 2.45) is 11.7 Å². The smallest absolute Gasteiger partial charge is 0.239 e. The van der Waals surface area contributed by atoms with Gasteiger partial charge >= 0.3 is 0 Å². The highest BCUT2D eigenvalue weighted by atomic mass is 16.5. The molecule has 4 heteroatoms. The summed E-state index contributed by atoms with van der Waals surface area (Å²) in [6.07, 6.45) is 0.925. The molecule has 4 nitrogen and oxygen atoms in total. The summed E-state index contributed by atoms with van der Waals surface area (Å²) in [6.45, 7) is 7.88. The first kappa shape index (κ1) is 14.4. The normalized spacial score (nSPS) is 14.7. The second kappa shape index (κ2) is 7.65. The average molecular weight is 216 g/mol. The van der Waals surface area contributed by atoms with Gasteiger partial charge in [-0.15, -0.1) is 0 Å². The first-order valence-electron chi connectivity index (χ1n) is 5.61. The van der Waals surface area contributed by atoms with Gasteiger partial charge in [0.2, 0.25) is 5.91 Å². The van der Waals surface area contributed by atoms with Gasteiger partial charge in [-0.05, 0) is 12.8 Å². The number of nitrogens with zero attached hydrogens (tertiary/aromatic N) is 1. The van der Waals surface area contributed by atoms with Crippen LogP contribution in [0.4, 0.5) is 0 Å². The zero-order chi connectivity index (χ0) is 11.8. The summed E-state index contributed by atoms with van der Waals surface area (Å²) < 4.78 is 4.96. The van der Waals surface area contributed by atoms with E-state index in [2.05, 4.69) is 0 Å². The van der Waals surface area contributed by atoms with E-state index >= 15 is 0 Å². The van der Waals surface area contributed by atoms with Crippen LogP contribution in [0.1, 0.15) is 27.2 Å². The third kappa shape index (κ3) is 4.62. The third-order valence-corrected chi connectivity index (χ3v) is 2.80. The number of hydrogen-bond acceptors (Lipinski definition) is 3. The topological polar surface area (TPSA) is 55.6 Å². The van der Waals surface area contributed by atoms with Crippen molar-refractivity contribution in [1.82, 2.24) is 4.90 Å². The lowest BCUT2D eigenvalue weighted by Crippen LogP contribution is -2.47. The van der Waals surface area contributed by atoms with E-state index in [1.54, 1.807) is 12.0 Å². The number of nitrogens with two attached hydrogens (primary N) is 1. The zero-order valence-electron chi connectivity index (χ0n) is 10.3. The first-order chi connectivity index (χ1) is 7.08. The van der Waals surface area contributed by atoms with Crippen LogP contribution in [-0.2, 0) is 9.53 Å². The molecule has 0 saturated heterocycles. The number of carbonyl (C=O) groups is 1. The van der Waals surface area contributed by atoms with Gasteiger partial charge in [0.05, 0.1) is 12.6 Å². The van der Waals surface area contributed by atoms with Gasteiger partial charge in [0.25, 0.3) is 0 Å². The van der Waals surface area contributed by atoms with Gasteiger partial charge in [0, 0.05) is 20.2 Å². The van der Waals surface area contributed by atoms with E-state index in [1.807, 2.05) is 20.8 Å². The fourth-order valence-electron chi connectivity index (χ4n) is 1.33. The number of rotatable bonds is 7. The van der Waals surface area contributed by atoms with Crippen LogP contribution in [0.3, 0.4) is 0 Å². The Balaban J connectivity index is 4.24. The van der Waals surface area contributed by atoms with E-state index in [4.69, 9.17) is 10.5 Å². The zero-order valence-corrected chi connectivity index (χ0v) is 10.3. The van der Waals surface area contributed by atoms with Crippen molar-refractivity contribution in [1.29, 1.82) is 0 Å². The Hall–Kier alpha value is -0.610. The molecule has 15 heavy (non-hydrogen) atoms. The fourth-order valence-corrected chi connectivity index (χ4v) is 1.33. The Morgan fingerprint density at radius 3 is 2.47 bits per heavy atom. The standard InChI is InChI=1S/C11H24N2O2/c1-5-9(3)10(12)11(14)13(6-2)7-8-15-4/h9-10H,5-8,12H2,1-4H3/t9-,10-/m0/s1.